The lowest BCUT2D eigenvalue weighted by molar-refractivity contribution is -0.122. The summed E-state index contributed by atoms with van der Waals surface area (Å²) in [4.78, 5) is 38.6. The van der Waals surface area contributed by atoms with Gasteiger partial charge in [0.05, 0.1) is 12.3 Å². The summed E-state index contributed by atoms with van der Waals surface area (Å²) >= 11 is 0. The molecule has 0 atom stereocenters. The lowest BCUT2D eigenvalue weighted by atomic mass is 10.1. The van der Waals surface area contributed by atoms with Crippen LogP contribution in [0.3, 0.4) is 0 Å². The fourth-order valence-electron chi connectivity index (χ4n) is 2.79. The van der Waals surface area contributed by atoms with Gasteiger partial charge in [0, 0.05) is 5.56 Å². The summed E-state index contributed by atoms with van der Waals surface area (Å²) < 4.78 is 5.68. The number of barbiturate groups is 1. The maximum absolute atomic E-state index is 13.0. The van der Waals surface area contributed by atoms with Crippen LogP contribution in [0.4, 0.5) is 10.5 Å². The monoisotopic (exact) mass is 364 g/mol. The number of carbonyl (C=O) groups is 3. The van der Waals surface area contributed by atoms with Crippen molar-refractivity contribution in [3.63, 3.8) is 0 Å². The number of nitrogens with zero attached hydrogens (tertiary/aromatic N) is 1. The topological polar surface area (TPSA) is 75.7 Å². The van der Waals surface area contributed by atoms with E-state index in [0.29, 0.717) is 23.6 Å². The van der Waals surface area contributed by atoms with Crippen molar-refractivity contribution in [1.29, 1.82) is 0 Å². The van der Waals surface area contributed by atoms with E-state index in [9.17, 15) is 14.4 Å². The average molecular weight is 364 g/mol. The van der Waals surface area contributed by atoms with Gasteiger partial charge in [-0.2, -0.15) is 0 Å². The Labute approximate surface area is 157 Å². The molecule has 138 valence electrons. The second-order valence-corrected chi connectivity index (χ2v) is 6.13. The minimum atomic E-state index is -0.757. The molecule has 0 aromatic heterocycles. The number of amides is 4. The van der Waals surface area contributed by atoms with E-state index >= 15 is 0 Å². The number of imide groups is 2. The SMILES string of the molecule is CCCOc1ccccc1/C=C1\C(=O)NC(=O)N(c2ccccc2C)C1=O. The molecule has 3 rings (SSSR count). The Morgan fingerprint density at radius 2 is 1.74 bits per heavy atom. The summed E-state index contributed by atoms with van der Waals surface area (Å²) in [6, 6.07) is 13.4. The van der Waals surface area contributed by atoms with Gasteiger partial charge in [0.15, 0.2) is 0 Å². The Morgan fingerprint density at radius 1 is 1.04 bits per heavy atom. The smallest absolute Gasteiger partial charge is 0.335 e. The first kappa shape index (κ1) is 18.4. The molecule has 1 aliphatic rings. The van der Waals surface area contributed by atoms with Crippen LogP contribution in [0.1, 0.15) is 24.5 Å². The molecular weight excluding hydrogens is 344 g/mol. The molecule has 0 aliphatic carbocycles. The van der Waals surface area contributed by atoms with Gasteiger partial charge in [-0.25, -0.2) is 9.69 Å². The molecule has 6 heteroatoms. The predicted octanol–water partition coefficient (Wildman–Crippen LogP) is 3.45. The van der Waals surface area contributed by atoms with Crippen molar-refractivity contribution in [1.82, 2.24) is 5.32 Å². The number of hydrogen-bond acceptors (Lipinski definition) is 4. The number of urea groups is 1. The average Bonchev–Trinajstić information content (AvgIpc) is 2.65. The predicted molar refractivity (Wildman–Crippen MR) is 102 cm³/mol. The molecule has 0 bridgehead atoms. The van der Waals surface area contributed by atoms with Gasteiger partial charge in [-0.3, -0.25) is 14.9 Å². The van der Waals surface area contributed by atoms with Gasteiger partial charge < -0.3 is 4.74 Å². The molecule has 2 aromatic carbocycles. The van der Waals surface area contributed by atoms with Crippen molar-refractivity contribution in [2.45, 2.75) is 20.3 Å². The van der Waals surface area contributed by atoms with Gasteiger partial charge in [-0.1, -0.05) is 43.3 Å². The normalized spacial score (nSPS) is 15.9. The third kappa shape index (κ3) is 3.74. The molecule has 1 fully saturated rings. The van der Waals surface area contributed by atoms with E-state index in [0.717, 1.165) is 16.9 Å². The van der Waals surface area contributed by atoms with Gasteiger partial charge in [-0.05, 0) is 37.1 Å². The fraction of sp³-hybridized carbons (Fsp3) is 0.190. The molecule has 0 saturated carbocycles. The summed E-state index contributed by atoms with van der Waals surface area (Å²) in [5.74, 6) is -0.810. The van der Waals surface area contributed by atoms with E-state index in [-0.39, 0.29) is 5.57 Å². The highest BCUT2D eigenvalue weighted by Gasteiger charge is 2.37. The lowest BCUT2D eigenvalue weighted by Crippen LogP contribution is -2.54. The molecule has 1 saturated heterocycles. The molecule has 0 spiro atoms. The van der Waals surface area contributed by atoms with Crippen molar-refractivity contribution in [2.24, 2.45) is 0 Å². The molecule has 6 nitrogen and oxygen atoms in total. The van der Waals surface area contributed by atoms with Crippen LogP contribution in [0.5, 0.6) is 5.75 Å². The first-order valence-electron chi connectivity index (χ1n) is 8.72. The number of ether oxygens (including phenoxy) is 1. The van der Waals surface area contributed by atoms with Crippen LogP contribution in [0.25, 0.3) is 6.08 Å². The highest BCUT2D eigenvalue weighted by molar-refractivity contribution is 6.39. The Kier molecular flexibility index (Phi) is 5.35. The maximum Gasteiger partial charge on any atom is 0.335 e. The Morgan fingerprint density at radius 3 is 2.48 bits per heavy atom. The van der Waals surface area contributed by atoms with Crippen LogP contribution in [-0.2, 0) is 9.59 Å². The van der Waals surface area contributed by atoms with Crippen molar-refractivity contribution in [3.05, 3.63) is 65.2 Å². The zero-order chi connectivity index (χ0) is 19.4. The zero-order valence-corrected chi connectivity index (χ0v) is 15.2. The summed E-state index contributed by atoms with van der Waals surface area (Å²) in [6.07, 6.45) is 2.29. The van der Waals surface area contributed by atoms with Crippen molar-refractivity contribution in [2.75, 3.05) is 11.5 Å². The first-order valence-corrected chi connectivity index (χ1v) is 8.72. The molecule has 2 aromatic rings. The number of aryl methyl sites for hydroxylation is 1. The molecular formula is C21H20N2O4. The third-order valence-electron chi connectivity index (χ3n) is 4.14. The summed E-state index contributed by atoms with van der Waals surface area (Å²) in [6.45, 7) is 4.31. The first-order chi connectivity index (χ1) is 13.0. The van der Waals surface area contributed by atoms with Crippen LogP contribution >= 0.6 is 0 Å². The number of benzene rings is 2. The Bertz CT molecular complexity index is 933. The number of carbonyl (C=O) groups excluding carboxylic acids is 3. The quantitative estimate of drug-likeness (QED) is 0.651. The van der Waals surface area contributed by atoms with E-state index in [2.05, 4.69) is 5.32 Å². The molecule has 4 amide bonds. The van der Waals surface area contributed by atoms with Gasteiger partial charge in [0.2, 0.25) is 0 Å². The van der Waals surface area contributed by atoms with Gasteiger partial charge in [0.1, 0.15) is 11.3 Å². The highest BCUT2D eigenvalue weighted by atomic mass is 16.5. The van der Waals surface area contributed by atoms with Crippen LogP contribution in [0.2, 0.25) is 0 Å². The van der Waals surface area contributed by atoms with Crippen LogP contribution < -0.4 is 15.0 Å². The van der Waals surface area contributed by atoms with E-state index < -0.39 is 17.8 Å². The number of para-hydroxylation sites is 2. The highest BCUT2D eigenvalue weighted by Crippen LogP contribution is 2.27. The number of nitrogens with one attached hydrogen (secondary N) is 1. The minimum Gasteiger partial charge on any atom is -0.493 e. The molecule has 0 unspecified atom stereocenters. The van der Waals surface area contributed by atoms with Crippen molar-refractivity contribution in [3.8, 4) is 5.75 Å². The third-order valence-corrected chi connectivity index (χ3v) is 4.14. The van der Waals surface area contributed by atoms with Crippen LogP contribution in [0, 0.1) is 6.92 Å². The van der Waals surface area contributed by atoms with Crippen LogP contribution in [0.15, 0.2) is 54.1 Å². The summed E-state index contributed by atoms with van der Waals surface area (Å²) in [5, 5.41) is 2.24. The Balaban J connectivity index is 2.02. The van der Waals surface area contributed by atoms with E-state index in [1.807, 2.05) is 19.1 Å². The van der Waals surface area contributed by atoms with E-state index in [1.54, 1.807) is 43.3 Å². The maximum atomic E-state index is 13.0. The van der Waals surface area contributed by atoms with Gasteiger partial charge >= 0.3 is 6.03 Å². The molecule has 0 radical (unpaired) electrons. The van der Waals surface area contributed by atoms with E-state index in [1.165, 1.54) is 6.08 Å². The lowest BCUT2D eigenvalue weighted by Gasteiger charge is -2.27. The summed E-state index contributed by atoms with van der Waals surface area (Å²) in [7, 11) is 0. The second-order valence-electron chi connectivity index (χ2n) is 6.13. The fourth-order valence-corrected chi connectivity index (χ4v) is 2.79. The second kappa shape index (κ2) is 7.86. The molecule has 1 aliphatic heterocycles. The van der Waals surface area contributed by atoms with Crippen molar-refractivity contribution < 1.29 is 19.1 Å². The van der Waals surface area contributed by atoms with Crippen LogP contribution in [-0.4, -0.2) is 24.5 Å². The number of rotatable bonds is 5. The molecule has 27 heavy (non-hydrogen) atoms. The summed E-state index contributed by atoms with van der Waals surface area (Å²) in [5.41, 5.74) is 1.67. The standard InChI is InChI=1S/C21H20N2O4/c1-3-12-27-18-11-7-5-9-15(18)13-16-19(24)22-21(26)23(20(16)25)17-10-6-4-8-14(17)2/h4-11,13H,3,12H2,1-2H3,(H,22,24,26)/b16-13+. The molecule has 1 heterocycles. The number of hydrogen-bond donors (Lipinski definition) is 1. The van der Waals surface area contributed by atoms with Gasteiger partial charge in [-0.15, -0.1) is 0 Å². The number of anilines is 1. The van der Waals surface area contributed by atoms with E-state index in [4.69, 9.17) is 4.74 Å². The largest absolute Gasteiger partial charge is 0.493 e. The van der Waals surface area contributed by atoms with Crippen molar-refractivity contribution >= 4 is 29.6 Å². The van der Waals surface area contributed by atoms with Gasteiger partial charge in [0.25, 0.3) is 11.8 Å². The Hall–Kier alpha value is -3.41. The molecule has 1 N–H and O–H groups in total. The zero-order valence-electron chi connectivity index (χ0n) is 15.2. The minimum absolute atomic E-state index is 0.120.